The topological polar surface area (TPSA) is 64.1 Å². The molecule has 0 atom stereocenters. The average molecular weight is 367 g/mol. The van der Waals surface area contributed by atoms with Gasteiger partial charge in [0.2, 0.25) is 5.82 Å². The monoisotopic (exact) mass is 367 g/mol. The summed E-state index contributed by atoms with van der Waals surface area (Å²) in [5.74, 6) is 0.337. The molecule has 1 aliphatic carbocycles. The number of hydrogen-bond acceptors (Lipinski definition) is 6. The Kier molecular flexibility index (Phi) is 4.59. The van der Waals surface area contributed by atoms with E-state index in [1.54, 1.807) is 18.3 Å². The summed E-state index contributed by atoms with van der Waals surface area (Å²) in [5.41, 5.74) is 3.45. The van der Waals surface area contributed by atoms with Gasteiger partial charge in [-0.05, 0) is 62.8 Å². The predicted octanol–water partition coefficient (Wildman–Crippen LogP) is 4.80. The van der Waals surface area contributed by atoms with Crippen LogP contribution in [0, 0.1) is 6.92 Å². The Morgan fingerprint density at radius 1 is 1.27 bits per heavy atom. The molecule has 0 radical (unpaired) electrons. The molecule has 0 spiro atoms. The van der Waals surface area contributed by atoms with E-state index in [4.69, 9.17) is 4.74 Å². The molecule has 6 heteroatoms. The number of benzene rings is 1. The van der Waals surface area contributed by atoms with Gasteiger partial charge in [0.1, 0.15) is 10.6 Å². The second-order valence-corrected chi connectivity index (χ2v) is 7.59. The molecule has 2 heterocycles. The smallest absolute Gasteiger partial charge is 0.376 e. The third kappa shape index (κ3) is 3.17. The van der Waals surface area contributed by atoms with Gasteiger partial charge < -0.3 is 10.1 Å². The lowest BCUT2D eigenvalue weighted by Gasteiger charge is -2.13. The summed E-state index contributed by atoms with van der Waals surface area (Å²) in [6.45, 7) is 4.14. The molecule has 26 heavy (non-hydrogen) atoms. The highest BCUT2D eigenvalue weighted by atomic mass is 32.1. The first-order valence-corrected chi connectivity index (χ1v) is 9.80. The van der Waals surface area contributed by atoms with Gasteiger partial charge in [0, 0.05) is 10.6 Å². The van der Waals surface area contributed by atoms with Crippen molar-refractivity contribution in [2.24, 2.45) is 0 Å². The molecule has 5 nitrogen and oxygen atoms in total. The number of esters is 1. The summed E-state index contributed by atoms with van der Waals surface area (Å²) in [6.07, 6.45) is 4.51. The van der Waals surface area contributed by atoms with Crippen molar-refractivity contribution in [3.05, 3.63) is 46.1 Å². The quantitative estimate of drug-likeness (QED) is 0.671. The minimum atomic E-state index is -0.479. The molecular formula is C20H21N3O2S. The van der Waals surface area contributed by atoms with E-state index in [0.717, 1.165) is 28.7 Å². The molecule has 0 aliphatic heterocycles. The molecule has 1 N–H and O–H groups in total. The maximum atomic E-state index is 12.2. The molecular weight excluding hydrogens is 346 g/mol. The molecule has 1 aliphatic rings. The van der Waals surface area contributed by atoms with Crippen LogP contribution >= 0.6 is 11.3 Å². The van der Waals surface area contributed by atoms with E-state index in [0.29, 0.717) is 12.4 Å². The zero-order valence-corrected chi connectivity index (χ0v) is 15.8. The van der Waals surface area contributed by atoms with Gasteiger partial charge in [-0.2, -0.15) is 0 Å². The van der Waals surface area contributed by atoms with Gasteiger partial charge in [0.15, 0.2) is 0 Å². The van der Waals surface area contributed by atoms with Crippen molar-refractivity contribution in [1.82, 2.24) is 9.97 Å². The summed E-state index contributed by atoms with van der Waals surface area (Å²) in [4.78, 5) is 23.5. The Labute approximate surface area is 156 Å². The molecule has 0 saturated carbocycles. The zero-order valence-electron chi connectivity index (χ0n) is 15.0. The minimum absolute atomic E-state index is 0.119. The molecule has 1 aromatic carbocycles. The van der Waals surface area contributed by atoms with Crippen LogP contribution in [0.5, 0.6) is 0 Å². The largest absolute Gasteiger partial charge is 0.460 e. The van der Waals surface area contributed by atoms with E-state index in [1.165, 1.54) is 28.8 Å². The van der Waals surface area contributed by atoms with Gasteiger partial charge in [-0.3, -0.25) is 0 Å². The van der Waals surface area contributed by atoms with Crippen molar-refractivity contribution in [2.45, 2.75) is 39.5 Å². The second kappa shape index (κ2) is 7.03. The number of hydrogen-bond donors (Lipinski definition) is 1. The van der Waals surface area contributed by atoms with Gasteiger partial charge in [0.25, 0.3) is 0 Å². The van der Waals surface area contributed by atoms with E-state index >= 15 is 0 Å². The Balaban J connectivity index is 1.86. The van der Waals surface area contributed by atoms with Crippen molar-refractivity contribution in [1.29, 1.82) is 0 Å². The number of nitrogens with zero attached hydrogens (tertiary/aromatic N) is 2. The maximum Gasteiger partial charge on any atom is 0.376 e. The van der Waals surface area contributed by atoms with Crippen LogP contribution in [0.4, 0.5) is 11.5 Å². The van der Waals surface area contributed by atoms with Crippen LogP contribution in [0.1, 0.15) is 46.4 Å². The first-order chi connectivity index (χ1) is 12.7. The summed E-state index contributed by atoms with van der Waals surface area (Å²) >= 11 is 1.68. The Morgan fingerprint density at radius 2 is 2.12 bits per heavy atom. The van der Waals surface area contributed by atoms with Crippen molar-refractivity contribution in [3.63, 3.8) is 0 Å². The van der Waals surface area contributed by atoms with E-state index < -0.39 is 5.97 Å². The fourth-order valence-corrected chi connectivity index (χ4v) is 4.66. The highest BCUT2D eigenvalue weighted by Gasteiger charge is 2.23. The number of thiophene rings is 1. The fourth-order valence-electron chi connectivity index (χ4n) is 3.39. The molecule has 0 unspecified atom stereocenters. The molecule has 4 rings (SSSR count). The average Bonchev–Trinajstić information content (AvgIpc) is 3.00. The lowest BCUT2D eigenvalue weighted by molar-refractivity contribution is 0.0512. The van der Waals surface area contributed by atoms with Gasteiger partial charge in [0.05, 0.1) is 12.0 Å². The van der Waals surface area contributed by atoms with E-state index in [2.05, 4.69) is 34.3 Å². The Morgan fingerprint density at radius 3 is 2.92 bits per heavy atom. The zero-order chi connectivity index (χ0) is 18.1. The maximum absolute atomic E-state index is 12.2. The Hall–Kier alpha value is -2.47. The lowest BCUT2D eigenvalue weighted by Crippen LogP contribution is -2.11. The van der Waals surface area contributed by atoms with Gasteiger partial charge in [-0.15, -0.1) is 11.3 Å². The van der Waals surface area contributed by atoms with Crippen LogP contribution in [0.2, 0.25) is 0 Å². The van der Waals surface area contributed by atoms with Crippen LogP contribution in [0.3, 0.4) is 0 Å². The van der Waals surface area contributed by atoms with Crippen LogP contribution in [0.25, 0.3) is 10.2 Å². The summed E-state index contributed by atoms with van der Waals surface area (Å²) in [6, 6.07) is 8.13. The number of aryl methyl sites for hydroxylation is 3. The molecule has 0 saturated heterocycles. The molecule has 2 aromatic heterocycles. The van der Waals surface area contributed by atoms with Crippen molar-refractivity contribution in [2.75, 3.05) is 11.9 Å². The van der Waals surface area contributed by atoms with E-state index in [9.17, 15) is 4.79 Å². The molecule has 0 amide bonds. The SMILES string of the molecule is CCOC(=O)c1nc(Nc2cccc(C)c2)c2c3c(sc2n1)CCCC3. The van der Waals surface area contributed by atoms with Crippen LogP contribution in [-0.2, 0) is 17.6 Å². The van der Waals surface area contributed by atoms with E-state index in [1.807, 2.05) is 12.1 Å². The lowest BCUT2D eigenvalue weighted by atomic mass is 9.97. The Bertz CT molecular complexity index is 981. The summed E-state index contributed by atoms with van der Waals surface area (Å²) in [7, 11) is 0. The number of fused-ring (bicyclic) bond motifs is 3. The standard InChI is InChI=1S/C20H21N3O2S/c1-3-25-20(24)18-22-17(21-13-8-6-7-12(2)11-13)16-14-9-4-5-10-15(14)26-19(16)23-18/h6-8,11H,3-5,9-10H2,1-2H3,(H,21,22,23). The summed E-state index contributed by atoms with van der Waals surface area (Å²) < 4.78 is 5.12. The number of carbonyl (C=O) groups is 1. The number of aromatic nitrogens is 2. The second-order valence-electron chi connectivity index (χ2n) is 6.50. The molecule has 0 fully saturated rings. The minimum Gasteiger partial charge on any atom is -0.460 e. The van der Waals surface area contributed by atoms with Crippen molar-refractivity contribution >= 4 is 39.0 Å². The number of carbonyl (C=O) groups excluding carboxylic acids is 1. The van der Waals surface area contributed by atoms with Gasteiger partial charge >= 0.3 is 5.97 Å². The molecule has 0 bridgehead atoms. The normalized spacial score (nSPS) is 13.5. The van der Waals surface area contributed by atoms with Crippen LogP contribution in [-0.4, -0.2) is 22.5 Å². The highest BCUT2D eigenvalue weighted by molar-refractivity contribution is 7.19. The summed E-state index contributed by atoms with van der Waals surface area (Å²) in [5, 5.41) is 4.46. The number of ether oxygens (including phenoxy) is 1. The van der Waals surface area contributed by atoms with Crippen molar-refractivity contribution < 1.29 is 9.53 Å². The van der Waals surface area contributed by atoms with Gasteiger partial charge in [-0.25, -0.2) is 14.8 Å². The molecule has 3 aromatic rings. The van der Waals surface area contributed by atoms with Crippen LogP contribution in [0.15, 0.2) is 24.3 Å². The predicted molar refractivity (Wildman–Crippen MR) is 104 cm³/mol. The van der Waals surface area contributed by atoms with Crippen LogP contribution < -0.4 is 5.32 Å². The third-order valence-electron chi connectivity index (χ3n) is 4.55. The number of rotatable bonds is 4. The number of anilines is 2. The van der Waals surface area contributed by atoms with E-state index in [-0.39, 0.29) is 5.82 Å². The molecule has 134 valence electrons. The first-order valence-electron chi connectivity index (χ1n) is 8.99. The first kappa shape index (κ1) is 17.0. The van der Waals surface area contributed by atoms with Gasteiger partial charge in [-0.1, -0.05) is 12.1 Å². The third-order valence-corrected chi connectivity index (χ3v) is 5.74. The van der Waals surface area contributed by atoms with Crippen molar-refractivity contribution in [3.8, 4) is 0 Å². The fraction of sp³-hybridized carbons (Fsp3) is 0.350. The number of nitrogens with one attached hydrogen (secondary N) is 1. The highest BCUT2D eigenvalue weighted by Crippen LogP contribution is 2.39.